The zero-order valence-electron chi connectivity index (χ0n) is 31.1. The first-order valence-corrected chi connectivity index (χ1v) is 18.6. The predicted octanol–water partition coefficient (Wildman–Crippen LogP) is 7.45. The van der Waals surface area contributed by atoms with Gasteiger partial charge in [-0.2, -0.15) is 10.1 Å². The monoisotopic (exact) mass is 775 g/mol. The molecule has 56 heavy (non-hydrogen) atoms. The number of nitrogens with one attached hydrogen (secondary N) is 4. The molecule has 7 rings (SSSR count). The minimum absolute atomic E-state index is 0.150. The average Bonchev–Trinajstić information content (AvgIpc) is 3.64. The number of alkyl halides is 1. The lowest BCUT2D eigenvalue weighted by molar-refractivity contribution is 0.00214. The van der Waals surface area contributed by atoms with Crippen LogP contribution in [0.25, 0.3) is 16.5 Å². The molecule has 4 aromatic carbocycles. The van der Waals surface area contributed by atoms with E-state index in [2.05, 4.69) is 36.1 Å². The second-order valence-electron chi connectivity index (χ2n) is 13.3. The number of benzene rings is 4. The molecular formula is C41H42ClN9O5. The highest BCUT2D eigenvalue weighted by atomic mass is 35.5. The van der Waals surface area contributed by atoms with Crippen LogP contribution in [0.15, 0.2) is 109 Å². The largest absolute Gasteiger partial charge is 0.497 e. The van der Waals surface area contributed by atoms with Crippen LogP contribution in [-0.2, 0) is 4.74 Å². The molecular weight excluding hydrogens is 734 g/mol. The zero-order chi connectivity index (χ0) is 39.0. The van der Waals surface area contributed by atoms with E-state index in [1.807, 2.05) is 74.5 Å². The number of nitrogens with zero attached hydrogens (tertiary/aromatic N) is 5. The maximum Gasteiger partial charge on any atom is 0.324 e. The summed E-state index contributed by atoms with van der Waals surface area (Å²) >= 11 is 6.59. The molecule has 0 radical (unpaired) electrons. The number of carbonyl (C=O) groups is 2. The minimum atomic E-state index is -0.641. The number of morpholine rings is 1. The van der Waals surface area contributed by atoms with Crippen molar-refractivity contribution >= 4 is 51.8 Å². The number of amides is 3. The van der Waals surface area contributed by atoms with Crippen molar-refractivity contribution in [3.8, 4) is 23.1 Å². The predicted molar refractivity (Wildman–Crippen MR) is 216 cm³/mol. The van der Waals surface area contributed by atoms with E-state index in [0.29, 0.717) is 60.9 Å². The zero-order valence-corrected chi connectivity index (χ0v) is 31.9. The Morgan fingerprint density at radius 3 is 2.48 bits per heavy atom. The third-order valence-electron chi connectivity index (χ3n) is 9.11. The van der Waals surface area contributed by atoms with E-state index < -0.39 is 11.5 Å². The summed E-state index contributed by atoms with van der Waals surface area (Å²) in [5, 5.41) is 18.4. The lowest BCUT2D eigenvalue weighted by Gasteiger charge is -2.36. The van der Waals surface area contributed by atoms with Gasteiger partial charge in [-0.1, -0.05) is 67.9 Å². The number of anilines is 3. The summed E-state index contributed by atoms with van der Waals surface area (Å²) in [5.41, 5.74) is 2.10. The molecule has 0 spiro atoms. The highest BCUT2D eigenvalue weighted by Crippen LogP contribution is 2.34. The summed E-state index contributed by atoms with van der Waals surface area (Å²) in [7, 11) is 1.61. The van der Waals surface area contributed by atoms with Gasteiger partial charge in [-0.3, -0.25) is 15.0 Å². The lowest BCUT2D eigenvalue weighted by atomic mass is 10.1. The number of halogens is 1. The molecule has 3 heterocycles. The van der Waals surface area contributed by atoms with Gasteiger partial charge in [-0.05, 0) is 54.4 Å². The molecule has 14 nitrogen and oxygen atoms in total. The third-order valence-corrected chi connectivity index (χ3v) is 9.36. The number of fused-ring (bicyclic) bond motifs is 1. The van der Waals surface area contributed by atoms with Crippen molar-refractivity contribution in [2.45, 2.75) is 31.4 Å². The minimum Gasteiger partial charge on any atom is -0.497 e. The van der Waals surface area contributed by atoms with Crippen LogP contribution in [0.2, 0.25) is 0 Å². The van der Waals surface area contributed by atoms with Crippen molar-refractivity contribution in [1.82, 2.24) is 30.0 Å². The van der Waals surface area contributed by atoms with Gasteiger partial charge in [0.1, 0.15) is 29.0 Å². The molecule has 0 aliphatic carbocycles. The summed E-state index contributed by atoms with van der Waals surface area (Å²) in [6, 6.07) is 30.7. The Balaban J connectivity index is 1.03. The summed E-state index contributed by atoms with van der Waals surface area (Å²) in [4.78, 5) is 37.2. The van der Waals surface area contributed by atoms with Crippen LogP contribution in [0.5, 0.6) is 17.4 Å². The Kier molecular flexibility index (Phi) is 11.9. The molecule has 15 heteroatoms. The van der Waals surface area contributed by atoms with E-state index in [1.54, 1.807) is 60.5 Å². The Bertz CT molecular complexity index is 2290. The van der Waals surface area contributed by atoms with Gasteiger partial charge in [0.2, 0.25) is 11.8 Å². The van der Waals surface area contributed by atoms with Crippen LogP contribution in [0, 0.1) is 0 Å². The average molecular weight is 776 g/mol. The van der Waals surface area contributed by atoms with E-state index >= 15 is 0 Å². The smallest absolute Gasteiger partial charge is 0.324 e. The number of urea groups is 1. The summed E-state index contributed by atoms with van der Waals surface area (Å²) in [6.07, 6.45) is 1.30. The van der Waals surface area contributed by atoms with Crippen LogP contribution in [0.3, 0.4) is 0 Å². The Morgan fingerprint density at radius 2 is 1.71 bits per heavy atom. The Morgan fingerprint density at radius 1 is 0.946 bits per heavy atom. The van der Waals surface area contributed by atoms with Crippen LogP contribution >= 0.6 is 11.6 Å². The molecule has 0 saturated carbocycles. The van der Waals surface area contributed by atoms with Crippen LogP contribution in [0.1, 0.15) is 35.8 Å². The molecule has 6 aromatic rings. The molecule has 2 atom stereocenters. The highest BCUT2D eigenvalue weighted by Gasteiger charge is 2.27. The molecule has 1 saturated heterocycles. The quantitative estimate of drug-likeness (QED) is 0.0687. The second-order valence-corrected chi connectivity index (χ2v) is 13.8. The van der Waals surface area contributed by atoms with Crippen molar-refractivity contribution in [3.63, 3.8) is 0 Å². The van der Waals surface area contributed by atoms with Crippen molar-refractivity contribution in [2.75, 3.05) is 49.4 Å². The van der Waals surface area contributed by atoms with E-state index in [4.69, 9.17) is 30.9 Å². The first-order valence-electron chi connectivity index (χ1n) is 18.2. The van der Waals surface area contributed by atoms with Crippen molar-refractivity contribution in [2.24, 2.45) is 0 Å². The number of hydrogen-bond donors (Lipinski definition) is 4. The van der Waals surface area contributed by atoms with Gasteiger partial charge in [0.25, 0.3) is 5.91 Å². The summed E-state index contributed by atoms with van der Waals surface area (Å²) < 4.78 is 19.1. The van der Waals surface area contributed by atoms with Crippen molar-refractivity contribution in [1.29, 1.82) is 0 Å². The molecule has 1 aliphatic rings. The number of carbonyl (C=O) groups excluding carboxylic acids is 2. The SMILES string of the molecule is COc1ccc(-n2nc(C(C)C)cc2NC(=O)Nc2ccc(Oc3ccnc(NC4COCCN4CC(Cl)NC(=O)c4ccccc4)n3)c3ccccc23)cc1. The van der Waals surface area contributed by atoms with Gasteiger partial charge in [0, 0.05) is 47.8 Å². The number of ether oxygens (including phenoxy) is 3. The first kappa shape index (κ1) is 38.1. The summed E-state index contributed by atoms with van der Waals surface area (Å²) in [5.74, 6) is 2.33. The molecule has 3 amide bonds. The van der Waals surface area contributed by atoms with Gasteiger partial charge >= 0.3 is 6.03 Å². The molecule has 2 aromatic heterocycles. The van der Waals surface area contributed by atoms with Crippen molar-refractivity contribution < 1.29 is 23.8 Å². The van der Waals surface area contributed by atoms with E-state index in [0.717, 1.165) is 27.9 Å². The van der Waals surface area contributed by atoms with E-state index in [-0.39, 0.29) is 18.0 Å². The fourth-order valence-corrected chi connectivity index (χ4v) is 6.49. The molecule has 288 valence electrons. The second kappa shape index (κ2) is 17.5. The molecule has 1 aliphatic heterocycles. The topological polar surface area (TPSA) is 157 Å². The number of hydrogen-bond acceptors (Lipinski definition) is 10. The van der Waals surface area contributed by atoms with Crippen LogP contribution < -0.4 is 30.7 Å². The number of rotatable bonds is 13. The third kappa shape index (κ3) is 9.17. The van der Waals surface area contributed by atoms with Gasteiger partial charge in [0.05, 0.1) is 37.4 Å². The lowest BCUT2D eigenvalue weighted by Crippen LogP contribution is -2.53. The molecule has 1 fully saturated rings. The first-order chi connectivity index (χ1) is 27.2. The standard InChI is InChI=1S/C41H42ClN9O5/c1-26(2)33-23-36(51(49-33)28-13-15-29(54-3)16-14-28)47-41(53)44-32-17-18-34(31-12-8-7-11-30(31)32)56-38-19-20-43-40(48-38)46-37-25-55-22-21-50(37)24-35(42)45-39(52)27-9-5-4-6-10-27/h4-20,23,26,35,37H,21-22,24-25H2,1-3H3,(H,45,52)(H,43,46,48)(H2,44,47,53). The van der Waals surface area contributed by atoms with Crippen LogP contribution in [-0.4, -0.2) is 81.7 Å². The maximum absolute atomic E-state index is 13.5. The van der Waals surface area contributed by atoms with Gasteiger partial charge in [-0.15, -0.1) is 0 Å². The maximum atomic E-state index is 13.5. The normalized spacial score (nSPS) is 14.9. The molecule has 4 N–H and O–H groups in total. The fraction of sp³-hybridized carbons (Fsp3) is 0.244. The molecule has 0 bridgehead atoms. The van der Waals surface area contributed by atoms with E-state index in [1.165, 1.54) is 0 Å². The number of methoxy groups -OCH3 is 1. The Labute approximate surface area is 329 Å². The van der Waals surface area contributed by atoms with Crippen molar-refractivity contribution in [3.05, 3.63) is 121 Å². The molecule has 2 unspecified atom stereocenters. The van der Waals surface area contributed by atoms with E-state index in [9.17, 15) is 9.59 Å². The summed E-state index contributed by atoms with van der Waals surface area (Å²) in [6.45, 7) is 5.94. The van der Waals surface area contributed by atoms with Crippen LogP contribution in [0.4, 0.5) is 22.2 Å². The number of aromatic nitrogens is 4. The van der Waals surface area contributed by atoms with Gasteiger partial charge in [-0.25, -0.2) is 14.5 Å². The highest BCUT2D eigenvalue weighted by molar-refractivity contribution is 6.22. The Hall–Kier alpha value is -6.22. The van der Waals surface area contributed by atoms with Gasteiger partial charge < -0.3 is 30.2 Å². The fourth-order valence-electron chi connectivity index (χ4n) is 6.22. The van der Waals surface area contributed by atoms with Gasteiger partial charge in [0.15, 0.2) is 0 Å².